The molecule has 2 atom stereocenters. The van der Waals surface area contributed by atoms with E-state index in [9.17, 15) is 13.2 Å². The third kappa shape index (κ3) is 2.99. The van der Waals surface area contributed by atoms with E-state index in [1.807, 2.05) is 4.90 Å². The van der Waals surface area contributed by atoms with Gasteiger partial charge in [0.1, 0.15) is 13.2 Å². The lowest BCUT2D eigenvalue weighted by molar-refractivity contribution is -0.131. The molecule has 146 valence electrons. The second kappa shape index (κ2) is 6.38. The van der Waals surface area contributed by atoms with Crippen LogP contribution in [-0.2, 0) is 14.8 Å². The van der Waals surface area contributed by atoms with Crippen molar-refractivity contribution in [2.24, 2.45) is 11.8 Å². The van der Waals surface area contributed by atoms with E-state index in [0.29, 0.717) is 44.3 Å². The van der Waals surface area contributed by atoms with Crippen molar-refractivity contribution in [3.05, 3.63) is 18.2 Å². The molecule has 2 saturated heterocycles. The number of amides is 1. The van der Waals surface area contributed by atoms with Gasteiger partial charge < -0.3 is 14.4 Å². The van der Waals surface area contributed by atoms with E-state index < -0.39 is 10.0 Å². The van der Waals surface area contributed by atoms with Gasteiger partial charge in [-0.1, -0.05) is 0 Å². The molecule has 1 aromatic rings. The van der Waals surface area contributed by atoms with Gasteiger partial charge in [-0.15, -0.1) is 0 Å². The number of hydrogen-bond acceptors (Lipinski definition) is 5. The topological polar surface area (TPSA) is 76.2 Å². The Balaban J connectivity index is 1.41. The fourth-order valence-electron chi connectivity index (χ4n) is 4.53. The smallest absolute Gasteiger partial charge is 0.243 e. The normalized spacial score (nSPS) is 28.1. The van der Waals surface area contributed by atoms with Gasteiger partial charge in [-0.25, -0.2) is 8.42 Å². The molecular weight excluding hydrogens is 368 g/mol. The van der Waals surface area contributed by atoms with Crippen LogP contribution in [-0.4, -0.2) is 62.4 Å². The molecule has 8 heteroatoms. The van der Waals surface area contributed by atoms with Crippen LogP contribution in [0.4, 0.5) is 0 Å². The number of carbonyl (C=O) groups is 1. The molecule has 0 spiro atoms. The average Bonchev–Trinajstić information content (AvgIpc) is 3.44. The predicted molar refractivity (Wildman–Crippen MR) is 97.1 cm³/mol. The maximum atomic E-state index is 13.4. The van der Waals surface area contributed by atoms with Crippen molar-refractivity contribution in [2.75, 3.05) is 32.8 Å². The van der Waals surface area contributed by atoms with Gasteiger partial charge in [-0.3, -0.25) is 4.79 Å². The highest BCUT2D eigenvalue weighted by molar-refractivity contribution is 7.89. The maximum absolute atomic E-state index is 13.4. The minimum absolute atomic E-state index is 0.125. The first kappa shape index (κ1) is 17.3. The second-order valence-electron chi connectivity index (χ2n) is 7.91. The maximum Gasteiger partial charge on any atom is 0.243 e. The van der Waals surface area contributed by atoms with Crippen LogP contribution in [0.3, 0.4) is 0 Å². The molecule has 1 saturated carbocycles. The third-order valence-electron chi connectivity index (χ3n) is 6.09. The molecular formula is C19H24N2O5S. The Bertz CT molecular complexity index is 867. The highest BCUT2D eigenvalue weighted by atomic mass is 32.2. The van der Waals surface area contributed by atoms with Crippen molar-refractivity contribution in [3.8, 4) is 11.5 Å². The van der Waals surface area contributed by atoms with Crippen molar-refractivity contribution in [2.45, 2.75) is 36.6 Å². The number of rotatable bonds is 3. The van der Waals surface area contributed by atoms with Crippen LogP contribution in [0, 0.1) is 11.8 Å². The first-order chi connectivity index (χ1) is 13.0. The average molecular weight is 392 g/mol. The summed E-state index contributed by atoms with van der Waals surface area (Å²) in [4.78, 5) is 14.6. The molecule has 5 rings (SSSR count). The van der Waals surface area contributed by atoms with Gasteiger partial charge in [-0.2, -0.15) is 4.31 Å². The van der Waals surface area contributed by atoms with Crippen LogP contribution in [0.2, 0.25) is 0 Å². The molecule has 3 heterocycles. The molecule has 3 aliphatic heterocycles. The molecule has 0 aromatic heterocycles. The molecule has 1 amide bonds. The van der Waals surface area contributed by atoms with Crippen LogP contribution >= 0.6 is 0 Å². The van der Waals surface area contributed by atoms with Gasteiger partial charge in [0, 0.05) is 37.7 Å². The minimum atomic E-state index is -3.64. The lowest BCUT2D eigenvalue weighted by atomic mass is 9.94. The largest absolute Gasteiger partial charge is 0.486 e. The summed E-state index contributed by atoms with van der Waals surface area (Å²) < 4.78 is 39.4. The minimum Gasteiger partial charge on any atom is -0.486 e. The molecule has 27 heavy (non-hydrogen) atoms. The van der Waals surface area contributed by atoms with Gasteiger partial charge in [-0.05, 0) is 43.7 Å². The predicted octanol–water partition coefficient (Wildman–Crippen LogP) is 1.48. The van der Waals surface area contributed by atoms with Gasteiger partial charge in [0.25, 0.3) is 0 Å². The molecule has 4 aliphatic rings. The fraction of sp³-hybridized carbons (Fsp3) is 0.632. The Kier molecular flexibility index (Phi) is 4.09. The van der Waals surface area contributed by atoms with E-state index in [0.717, 1.165) is 25.7 Å². The van der Waals surface area contributed by atoms with Gasteiger partial charge >= 0.3 is 0 Å². The molecule has 7 nitrogen and oxygen atoms in total. The molecule has 1 aliphatic carbocycles. The van der Waals surface area contributed by atoms with Crippen molar-refractivity contribution in [1.82, 2.24) is 9.21 Å². The van der Waals surface area contributed by atoms with Gasteiger partial charge in [0.2, 0.25) is 15.9 Å². The molecule has 0 N–H and O–H groups in total. The highest BCUT2D eigenvalue weighted by Crippen LogP contribution is 2.39. The Hall–Kier alpha value is -1.80. The van der Waals surface area contributed by atoms with Crippen LogP contribution in [0.25, 0.3) is 0 Å². The van der Waals surface area contributed by atoms with E-state index in [4.69, 9.17) is 9.47 Å². The summed E-state index contributed by atoms with van der Waals surface area (Å²) >= 11 is 0. The summed E-state index contributed by atoms with van der Waals surface area (Å²) in [5.74, 6) is 1.68. The Morgan fingerprint density at radius 3 is 2.59 bits per heavy atom. The van der Waals surface area contributed by atoms with Crippen LogP contribution in [0.15, 0.2) is 23.1 Å². The summed E-state index contributed by atoms with van der Waals surface area (Å²) in [6, 6.07) is 4.70. The lowest BCUT2D eigenvalue weighted by Gasteiger charge is -2.35. The number of likely N-dealkylation sites (tertiary alicyclic amines) is 1. The molecule has 0 bridgehead atoms. The number of benzene rings is 1. The molecule has 0 radical (unpaired) electrons. The van der Waals surface area contributed by atoms with Crippen molar-refractivity contribution < 1.29 is 22.7 Å². The van der Waals surface area contributed by atoms with Gasteiger partial charge in [0.05, 0.1) is 4.90 Å². The van der Waals surface area contributed by atoms with Crippen LogP contribution < -0.4 is 9.47 Å². The zero-order chi connectivity index (χ0) is 18.6. The highest BCUT2D eigenvalue weighted by Gasteiger charge is 2.47. The number of fused-ring (bicyclic) bond motifs is 2. The number of hydrogen-bond donors (Lipinski definition) is 0. The lowest BCUT2D eigenvalue weighted by Crippen LogP contribution is -2.48. The first-order valence-corrected chi connectivity index (χ1v) is 11.2. The van der Waals surface area contributed by atoms with E-state index in [2.05, 4.69) is 0 Å². The van der Waals surface area contributed by atoms with E-state index in [-0.39, 0.29) is 28.7 Å². The van der Waals surface area contributed by atoms with Crippen molar-refractivity contribution in [1.29, 1.82) is 0 Å². The summed E-state index contributed by atoms with van der Waals surface area (Å²) in [5, 5.41) is 0. The molecule has 3 fully saturated rings. The fourth-order valence-corrected chi connectivity index (χ4v) is 6.26. The quantitative estimate of drug-likeness (QED) is 0.779. The number of sulfonamides is 1. The first-order valence-electron chi connectivity index (χ1n) is 9.74. The summed E-state index contributed by atoms with van der Waals surface area (Å²) in [7, 11) is -3.64. The second-order valence-corrected chi connectivity index (χ2v) is 9.80. The van der Waals surface area contributed by atoms with E-state index >= 15 is 0 Å². The number of piperidine rings is 1. The van der Waals surface area contributed by atoms with E-state index in [1.165, 1.54) is 0 Å². The zero-order valence-electron chi connectivity index (χ0n) is 15.2. The summed E-state index contributed by atoms with van der Waals surface area (Å²) in [5.41, 5.74) is 0. The monoisotopic (exact) mass is 392 g/mol. The number of carbonyl (C=O) groups excluding carboxylic acids is 1. The summed E-state index contributed by atoms with van der Waals surface area (Å²) in [6.07, 6.45) is 3.76. The standard InChI is InChI=1S/C19H24N2O5S/c22-19(13-3-4-13)20-11-14-2-1-7-21(16(14)12-20)27(23,24)15-5-6-17-18(10-15)26-9-8-25-17/h5-6,10,13-14,16H,1-4,7-9,11-12H2/t14-,16+/m1/s1. The van der Waals surface area contributed by atoms with Crippen LogP contribution in [0.1, 0.15) is 25.7 Å². The van der Waals surface area contributed by atoms with Gasteiger partial charge in [0.15, 0.2) is 11.5 Å². The Labute approximate surface area is 159 Å². The molecule has 1 aromatic carbocycles. The van der Waals surface area contributed by atoms with E-state index in [1.54, 1.807) is 22.5 Å². The van der Waals surface area contributed by atoms with Crippen molar-refractivity contribution >= 4 is 15.9 Å². The SMILES string of the molecule is O=C(C1CC1)N1C[C@H]2CCCN(S(=O)(=O)c3ccc4c(c3)OCCO4)[C@H]2C1. The van der Waals surface area contributed by atoms with Crippen molar-refractivity contribution in [3.63, 3.8) is 0 Å². The Morgan fingerprint density at radius 1 is 1.04 bits per heavy atom. The Morgan fingerprint density at radius 2 is 1.81 bits per heavy atom. The number of nitrogens with zero attached hydrogens (tertiary/aromatic N) is 2. The number of ether oxygens (including phenoxy) is 2. The third-order valence-corrected chi connectivity index (χ3v) is 8.01. The molecule has 0 unspecified atom stereocenters. The van der Waals surface area contributed by atoms with Crippen LogP contribution in [0.5, 0.6) is 11.5 Å². The zero-order valence-corrected chi connectivity index (χ0v) is 16.0. The summed E-state index contributed by atoms with van der Waals surface area (Å²) in [6.45, 7) is 2.60.